The van der Waals surface area contributed by atoms with Gasteiger partial charge in [0.15, 0.2) is 35.6 Å². The fourth-order valence-corrected chi connectivity index (χ4v) is 7.55. The molecule has 5 N–H and O–H groups in total. The number of hydrogen-bond donors (Lipinski definition) is 5. The van der Waals surface area contributed by atoms with E-state index in [1.54, 1.807) is 19.2 Å². The zero-order chi connectivity index (χ0) is 33.9. The molecule has 5 aliphatic rings. The van der Waals surface area contributed by atoms with Crippen molar-refractivity contribution in [3.8, 4) is 28.7 Å². The number of hydrogen-bond acceptors (Lipinski definition) is 15. The van der Waals surface area contributed by atoms with Crippen LogP contribution in [0.2, 0.25) is 0 Å². The van der Waals surface area contributed by atoms with Crippen LogP contribution >= 0.6 is 7.82 Å². The van der Waals surface area contributed by atoms with Gasteiger partial charge < -0.3 is 62.7 Å². The Bertz CT molecular complexity index is 1570. The van der Waals surface area contributed by atoms with Gasteiger partial charge in [-0.15, -0.1) is 0 Å². The van der Waals surface area contributed by atoms with Crippen LogP contribution in [-0.4, -0.2) is 111 Å². The second-order valence-corrected chi connectivity index (χ2v) is 13.1. The quantitative estimate of drug-likeness (QED) is 0.176. The molecule has 48 heavy (non-hydrogen) atoms. The number of aliphatic hydroxyl groups excluding tert-OH is 2. The van der Waals surface area contributed by atoms with Gasteiger partial charge >= 0.3 is 13.8 Å². The first-order valence-corrected chi connectivity index (χ1v) is 16.7. The zero-order valence-electron chi connectivity index (χ0n) is 26.0. The minimum atomic E-state index is -5.01. The summed E-state index contributed by atoms with van der Waals surface area (Å²) >= 11 is 0. The van der Waals surface area contributed by atoms with Gasteiger partial charge in [-0.2, -0.15) is 0 Å². The van der Waals surface area contributed by atoms with Crippen LogP contribution in [0.25, 0.3) is 0 Å². The van der Waals surface area contributed by atoms with E-state index >= 15 is 0 Å². The Labute approximate surface area is 274 Å². The third-order valence-electron chi connectivity index (χ3n) is 9.22. The number of cyclic esters (lactones) is 1. The van der Waals surface area contributed by atoms with Crippen molar-refractivity contribution >= 4 is 13.8 Å². The Morgan fingerprint density at radius 3 is 2.27 bits per heavy atom. The van der Waals surface area contributed by atoms with Crippen LogP contribution in [0, 0.1) is 11.8 Å². The van der Waals surface area contributed by atoms with E-state index in [1.807, 2.05) is 0 Å². The monoisotopic (exact) mass is 697 g/mol. The molecular formula is C30H36NO16P. The Hall–Kier alpha value is -3.22. The number of ether oxygens (including phenoxy) is 9. The molecule has 3 saturated heterocycles. The zero-order valence-corrected chi connectivity index (χ0v) is 26.9. The molecule has 7 rings (SSSR count). The molecule has 2 aromatic rings. The maximum atomic E-state index is 13.5. The van der Waals surface area contributed by atoms with Gasteiger partial charge in [-0.05, 0) is 48.0 Å². The largest absolute Gasteiger partial charge is 0.525 e. The minimum Gasteiger partial charge on any atom is -0.493 e. The van der Waals surface area contributed by atoms with E-state index in [1.165, 1.54) is 26.4 Å². The highest BCUT2D eigenvalue weighted by Gasteiger charge is 2.56. The van der Waals surface area contributed by atoms with Crippen LogP contribution in [0.15, 0.2) is 24.3 Å². The highest BCUT2D eigenvalue weighted by atomic mass is 31.2. The first kappa shape index (κ1) is 33.3. The van der Waals surface area contributed by atoms with Crippen LogP contribution in [0.5, 0.6) is 28.7 Å². The molecule has 0 amide bonds. The van der Waals surface area contributed by atoms with Gasteiger partial charge in [-0.1, -0.05) is 0 Å². The fraction of sp³-hybridized carbons (Fsp3) is 0.567. The summed E-state index contributed by atoms with van der Waals surface area (Å²) in [7, 11) is -0.676. The lowest BCUT2D eigenvalue weighted by Gasteiger charge is -2.48. The molecule has 2 aromatic carbocycles. The summed E-state index contributed by atoms with van der Waals surface area (Å²) in [6.07, 6.45) is -7.36. The van der Waals surface area contributed by atoms with Crippen LogP contribution in [0.3, 0.4) is 0 Å². The number of likely N-dealkylation sites (N-methyl/N-ethyl adjacent to an activating group) is 1. The molecule has 0 saturated carbocycles. The highest BCUT2D eigenvalue weighted by Crippen LogP contribution is 2.58. The number of carbonyl (C=O) groups is 1. The summed E-state index contributed by atoms with van der Waals surface area (Å²) in [5.41, 5.74) is 1.64. The van der Waals surface area contributed by atoms with Gasteiger partial charge in [0.25, 0.3) is 0 Å². The van der Waals surface area contributed by atoms with Crippen LogP contribution in [-0.2, 0) is 33.0 Å². The maximum absolute atomic E-state index is 13.5. The average molecular weight is 698 g/mol. The van der Waals surface area contributed by atoms with Crippen molar-refractivity contribution in [2.45, 2.75) is 49.0 Å². The van der Waals surface area contributed by atoms with Gasteiger partial charge in [0.1, 0.15) is 24.4 Å². The SMILES string of the molecule is CNCC1OCC2OC(O[C@@H]3c4cc5c(cc4C(c4cc(OC)c(OP(=O)(O)O)c(OC)c4)[C@H]4C(=O)OC[C@H]34)OCO5)C(O)C(O)C2O1. The van der Waals surface area contributed by atoms with Crippen LogP contribution < -0.4 is 28.8 Å². The van der Waals surface area contributed by atoms with E-state index in [2.05, 4.69) is 5.32 Å². The molecule has 18 heteroatoms. The third-order valence-corrected chi connectivity index (χ3v) is 9.64. The van der Waals surface area contributed by atoms with Crippen molar-refractivity contribution < 1.29 is 76.5 Å². The van der Waals surface area contributed by atoms with E-state index in [4.69, 9.17) is 47.2 Å². The number of phosphoric acid groups is 1. The summed E-state index contributed by atoms with van der Waals surface area (Å²) in [4.78, 5) is 32.6. The highest BCUT2D eigenvalue weighted by molar-refractivity contribution is 7.46. The number of esters is 1. The number of benzene rings is 2. The van der Waals surface area contributed by atoms with E-state index in [-0.39, 0.29) is 37.3 Å². The maximum Gasteiger partial charge on any atom is 0.525 e. The first-order chi connectivity index (χ1) is 23.0. The van der Waals surface area contributed by atoms with Gasteiger partial charge in [0.05, 0.1) is 39.5 Å². The Balaban J connectivity index is 1.28. The minimum absolute atomic E-state index is 0.0341. The lowest BCUT2D eigenvalue weighted by atomic mass is 9.66. The average Bonchev–Trinajstić information content (AvgIpc) is 3.68. The molecule has 0 aromatic heterocycles. The van der Waals surface area contributed by atoms with Gasteiger partial charge in [0, 0.05) is 18.4 Å². The molecule has 0 spiro atoms. The van der Waals surface area contributed by atoms with Crippen LogP contribution in [0.4, 0.5) is 0 Å². The Kier molecular flexibility index (Phi) is 8.95. The number of fused-ring (bicyclic) bond motifs is 4. The molecule has 10 atom stereocenters. The summed E-state index contributed by atoms with van der Waals surface area (Å²) in [6.45, 7) is 0.382. The van der Waals surface area contributed by atoms with Gasteiger partial charge in [0.2, 0.25) is 12.5 Å². The lowest BCUT2D eigenvalue weighted by molar-refractivity contribution is -0.366. The summed E-state index contributed by atoms with van der Waals surface area (Å²) in [5, 5.41) is 25.2. The van der Waals surface area contributed by atoms with Crippen molar-refractivity contribution in [1.29, 1.82) is 0 Å². The smallest absolute Gasteiger partial charge is 0.493 e. The van der Waals surface area contributed by atoms with E-state index in [0.717, 1.165) is 0 Å². The second kappa shape index (κ2) is 12.9. The summed E-state index contributed by atoms with van der Waals surface area (Å²) in [5.74, 6) is -2.29. The fourth-order valence-electron chi connectivity index (χ4n) is 7.13. The number of carbonyl (C=O) groups excluding carboxylic acids is 1. The molecule has 1 aliphatic carbocycles. The number of rotatable bonds is 9. The molecule has 3 fully saturated rings. The Morgan fingerprint density at radius 2 is 1.62 bits per heavy atom. The number of methoxy groups -OCH3 is 2. The van der Waals surface area contributed by atoms with E-state index in [9.17, 15) is 29.4 Å². The number of phosphoric ester groups is 1. The first-order valence-electron chi connectivity index (χ1n) is 15.2. The molecule has 4 heterocycles. The predicted molar refractivity (Wildman–Crippen MR) is 158 cm³/mol. The molecule has 0 bridgehead atoms. The van der Waals surface area contributed by atoms with E-state index in [0.29, 0.717) is 34.7 Å². The summed E-state index contributed by atoms with van der Waals surface area (Å²) in [6, 6.07) is 6.47. The van der Waals surface area contributed by atoms with Crippen molar-refractivity contribution in [3.63, 3.8) is 0 Å². The van der Waals surface area contributed by atoms with Crippen LogP contribution in [0.1, 0.15) is 28.7 Å². The number of aliphatic hydroxyl groups is 2. The molecular weight excluding hydrogens is 661 g/mol. The van der Waals surface area contributed by atoms with Crippen molar-refractivity contribution in [3.05, 3.63) is 41.0 Å². The molecule has 262 valence electrons. The standard InChI is InChI=1S/C30H36NO16P/c1-31-8-21-40-10-20-28(45-21)24(32)25(33)30(44-20)46-26-14-7-17-16(42-11-43-17)6-13(14)22(23-15(26)9-41-29(23)34)12-4-18(38-2)27(19(5-12)39-3)47-48(35,36)37/h4-7,15,20-26,28,30-33H,8-11H2,1-3H3,(H2,35,36,37)/t15-,20?,21?,22?,23-,24?,25?,26+,28?,30?/m0/s1. The third kappa shape index (κ3) is 5.87. The Morgan fingerprint density at radius 1 is 0.938 bits per heavy atom. The van der Waals surface area contributed by atoms with Gasteiger partial charge in [-0.3, -0.25) is 14.6 Å². The van der Waals surface area contributed by atoms with Crippen molar-refractivity contribution in [2.75, 3.05) is 47.8 Å². The van der Waals surface area contributed by atoms with Gasteiger partial charge in [-0.25, -0.2) is 4.57 Å². The van der Waals surface area contributed by atoms with E-state index < -0.39 is 74.6 Å². The molecule has 4 aliphatic heterocycles. The van der Waals surface area contributed by atoms with Crippen molar-refractivity contribution in [2.24, 2.45) is 11.8 Å². The topological polar surface area (TPSA) is 219 Å². The number of nitrogens with one attached hydrogen (secondary N) is 1. The predicted octanol–water partition coefficient (Wildman–Crippen LogP) is 0.304. The second-order valence-electron chi connectivity index (χ2n) is 12.0. The lowest BCUT2D eigenvalue weighted by Crippen LogP contribution is -2.64. The molecule has 17 nitrogen and oxygen atoms in total. The van der Waals surface area contributed by atoms with Crippen molar-refractivity contribution in [1.82, 2.24) is 5.32 Å². The molecule has 0 radical (unpaired) electrons. The normalized spacial score (nSPS) is 33.7. The molecule has 7 unspecified atom stereocenters. The summed E-state index contributed by atoms with van der Waals surface area (Å²) < 4.78 is 68.7.